The summed E-state index contributed by atoms with van der Waals surface area (Å²) in [5.74, 6) is -1.72. The molecule has 1 N–H and O–H groups in total. The predicted octanol–water partition coefficient (Wildman–Crippen LogP) is 2.93. The van der Waals surface area contributed by atoms with E-state index in [-0.39, 0.29) is 30.6 Å². The van der Waals surface area contributed by atoms with Crippen LogP contribution < -0.4 is 5.56 Å². The van der Waals surface area contributed by atoms with Gasteiger partial charge in [-0.15, -0.1) is 0 Å². The van der Waals surface area contributed by atoms with Gasteiger partial charge in [0.05, 0.1) is 29.5 Å². The summed E-state index contributed by atoms with van der Waals surface area (Å²) in [5, 5.41) is 3.20. The topological polar surface area (TPSA) is 73.7 Å². The van der Waals surface area contributed by atoms with Crippen LogP contribution in [0.2, 0.25) is 0 Å². The first-order valence-electron chi connectivity index (χ1n) is 11.0. The Morgan fingerprint density at radius 3 is 2.91 bits per heavy atom. The number of nitrogens with one attached hydrogen (secondary N) is 1. The first-order valence-corrected chi connectivity index (χ1v) is 11.0. The van der Waals surface area contributed by atoms with Gasteiger partial charge in [-0.3, -0.25) is 19.6 Å². The molecule has 3 aromatic rings. The number of fused-ring (bicyclic) bond motifs is 2. The number of hydrogen-bond donors (Lipinski definition) is 1. The zero-order chi connectivity index (χ0) is 22.4. The molecular formula is C23H25F2N5O2. The summed E-state index contributed by atoms with van der Waals surface area (Å²) in [6.07, 6.45) is 3.38. The molecule has 0 aliphatic carbocycles. The molecule has 32 heavy (non-hydrogen) atoms. The number of rotatable bonds is 3. The predicted molar refractivity (Wildman–Crippen MR) is 114 cm³/mol. The van der Waals surface area contributed by atoms with E-state index in [0.29, 0.717) is 29.7 Å². The van der Waals surface area contributed by atoms with Crippen molar-refractivity contribution in [2.75, 3.05) is 13.1 Å². The normalized spacial score (nSPS) is 19.3. The molecule has 168 valence electrons. The Labute approximate surface area is 183 Å². The molecule has 1 amide bonds. The summed E-state index contributed by atoms with van der Waals surface area (Å²) in [5.41, 5.74) is 2.78. The Morgan fingerprint density at radius 1 is 1.25 bits per heavy atom. The Morgan fingerprint density at radius 2 is 2.09 bits per heavy atom. The second-order valence-corrected chi connectivity index (χ2v) is 8.63. The smallest absolute Gasteiger partial charge is 0.277 e. The monoisotopic (exact) mass is 441 g/mol. The SMILES string of the molecule is CC(=O)N1CCc2nc3cc([C@@H]4CCCCN4Cc4cccc(F)c4F)[nH]n3c(=O)c2C1. The molecule has 9 heteroatoms. The van der Waals surface area contributed by atoms with Crippen molar-refractivity contribution in [3.8, 4) is 0 Å². The zero-order valence-electron chi connectivity index (χ0n) is 17.9. The van der Waals surface area contributed by atoms with Gasteiger partial charge in [0.1, 0.15) is 0 Å². The lowest BCUT2D eigenvalue weighted by Gasteiger charge is -2.35. The Bertz CT molecular complexity index is 1250. The van der Waals surface area contributed by atoms with Gasteiger partial charge in [-0.05, 0) is 25.5 Å². The van der Waals surface area contributed by atoms with Crippen LogP contribution in [0.1, 0.15) is 54.7 Å². The van der Waals surface area contributed by atoms with E-state index >= 15 is 0 Å². The van der Waals surface area contributed by atoms with Crippen molar-refractivity contribution in [1.82, 2.24) is 24.4 Å². The quantitative estimate of drug-likeness (QED) is 0.678. The lowest BCUT2D eigenvalue weighted by atomic mass is 9.98. The average molecular weight is 441 g/mol. The van der Waals surface area contributed by atoms with Crippen LogP contribution in [-0.2, 0) is 24.3 Å². The van der Waals surface area contributed by atoms with Crippen LogP contribution in [0.5, 0.6) is 0 Å². The number of amides is 1. The lowest BCUT2D eigenvalue weighted by Crippen LogP contribution is -2.39. The highest BCUT2D eigenvalue weighted by Gasteiger charge is 2.29. The highest BCUT2D eigenvalue weighted by Crippen LogP contribution is 2.32. The van der Waals surface area contributed by atoms with Gasteiger partial charge in [-0.2, -0.15) is 0 Å². The van der Waals surface area contributed by atoms with Crippen LogP contribution >= 0.6 is 0 Å². The van der Waals surface area contributed by atoms with E-state index in [1.165, 1.54) is 17.5 Å². The summed E-state index contributed by atoms with van der Waals surface area (Å²) >= 11 is 0. The van der Waals surface area contributed by atoms with Gasteiger partial charge in [0.15, 0.2) is 17.3 Å². The number of H-pyrrole nitrogens is 1. The number of likely N-dealkylation sites (tertiary alicyclic amines) is 1. The summed E-state index contributed by atoms with van der Waals surface area (Å²) in [4.78, 5) is 33.4. The summed E-state index contributed by atoms with van der Waals surface area (Å²) < 4.78 is 29.4. The van der Waals surface area contributed by atoms with Crippen LogP contribution in [0, 0.1) is 11.6 Å². The molecule has 2 aromatic heterocycles. The molecule has 2 aliphatic heterocycles. The minimum Gasteiger partial charge on any atom is -0.338 e. The summed E-state index contributed by atoms with van der Waals surface area (Å²) in [6, 6.07) is 6.07. The molecule has 2 aliphatic rings. The number of aromatic amines is 1. The average Bonchev–Trinajstić information content (AvgIpc) is 3.21. The van der Waals surface area contributed by atoms with E-state index in [1.807, 2.05) is 6.07 Å². The zero-order valence-corrected chi connectivity index (χ0v) is 17.9. The van der Waals surface area contributed by atoms with Crippen molar-refractivity contribution >= 4 is 11.6 Å². The third-order valence-corrected chi connectivity index (χ3v) is 6.60. The minimum absolute atomic E-state index is 0.0572. The van der Waals surface area contributed by atoms with Crippen molar-refractivity contribution in [2.45, 2.75) is 51.7 Å². The van der Waals surface area contributed by atoms with Crippen molar-refractivity contribution in [2.24, 2.45) is 0 Å². The second-order valence-electron chi connectivity index (χ2n) is 8.63. The maximum Gasteiger partial charge on any atom is 0.277 e. The fourth-order valence-electron chi connectivity index (χ4n) is 4.86. The van der Waals surface area contributed by atoms with Gasteiger partial charge in [-0.25, -0.2) is 18.3 Å². The van der Waals surface area contributed by atoms with Gasteiger partial charge in [0.25, 0.3) is 5.56 Å². The summed E-state index contributed by atoms with van der Waals surface area (Å²) in [7, 11) is 0. The molecule has 1 saturated heterocycles. The maximum atomic E-state index is 14.3. The van der Waals surface area contributed by atoms with Crippen LogP contribution in [0.15, 0.2) is 29.1 Å². The van der Waals surface area contributed by atoms with Crippen molar-refractivity contribution in [1.29, 1.82) is 0 Å². The molecule has 1 fully saturated rings. The third-order valence-electron chi connectivity index (χ3n) is 6.60. The molecule has 7 nitrogen and oxygen atoms in total. The Hall–Kier alpha value is -3.07. The van der Waals surface area contributed by atoms with Crippen LogP contribution in [0.25, 0.3) is 5.65 Å². The third kappa shape index (κ3) is 3.60. The molecule has 0 bridgehead atoms. The largest absolute Gasteiger partial charge is 0.338 e. The number of piperidine rings is 1. The van der Waals surface area contributed by atoms with Crippen LogP contribution in [0.4, 0.5) is 8.78 Å². The van der Waals surface area contributed by atoms with E-state index in [1.54, 1.807) is 11.0 Å². The van der Waals surface area contributed by atoms with Crippen molar-refractivity contribution in [3.05, 3.63) is 68.8 Å². The Balaban J connectivity index is 1.49. The fourth-order valence-corrected chi connectivity index (χ4v) is 4.86. The summed E-state index contributed by atoms with van der Waals surface area (Å²) in [6.45, 7) is 3.36. The van der Waals surface area contributed by atoms with E-state index in [9.17, 15) is 18.4 Å². The highest BCUT2D eigenvalue weighted by atomic mass is 19.2. The van der Waals surface area contributed by atoms with Gasteiger partial charge in [-0.1, -0.05) is 18.6 Å². The van der Waals surface area contributed by atoms with Crippen LogP contribution in [-0.4, -0.2) is 43.4 Å². The fraction of sp³-hybridized carbons (Fsp3) is 0.435. The van der Waals surface area contributed by atoms with Crippen LogP contribution in [0.3, 0.4) is 0 Å². The van der Waals surface area contributed by atoms with Crippen molar-refractivity contribution < 1.29 is 13.6 Å². The maximum absolute atomic E-state index is 14.3. The standard InChI is InChI=1S/C23H25F2N5O2/c1-14(31)28-10-8-18-16(13-28)23(32)30-21(26-18)11-19(27-30)20-7-2-3-9-29(20)12-15-5-4-6-17(24)22(15)25/h4-6,11,20,27H,2-3,7-10,12-13H2,1H3/t20-/m0/s1. The Kier molecular flexibility index (Phi) is 5.28. The molecule has 0 saturated carbocycles. The van der Waals surface area contributed by atoms with E-state index in [0.717, 1.165) is 43.3 Å². The van der Waals surface area contributed by atoms with E-state index in [4.69, 9.17) is 0 Å². The number of carbonyl (C=O) groups excluding carboxylic acids is 1. The molecule has 1 atom stereocenters. The molecule has 1 aromatic carbocycles. The first kappa shape index (κ1) is 20.8. The molecule has 0 spiro atoms. The van der Waals surface area contributed by atoms with Gasteiger partial charge in [0.2, 0.25) is 5.91 Å². The number of halogens is 2. The highest BCUT2D eigenvalue weighted by molar-refractivity contribution is 5.73. The van der Waals surface area contributed by atoms with Crippen molar-refractivity contribution in [3.63, 3.8) is 0 Å². The number of aromatic nitrogens is 3. The van der Waals surface area contributed by atoms with Gasteiger partial charge in [0, 0.05) is 38.1 Å². The number of benzene rings is 1. The minimum atomic E-state index is -0.845. The van der Waals surface area contributed by atoms with E-state index in [2.05, 4.69) is 15.0 Å². The first-order chi connectivity index (χ1) is 15.4. The van der Waals surface area contributed by atoms with Gasteiger partial charge >= 0.3 is 0 Å². The molecule has 5 rings (SSSR count). The molecular weight excluding hydrogens is 416 g/mol. The molecule has 0 radical (unpaired) electrons. The number of hydrogen-bond acceptors (Lipinski definition) is 4. The molecule has 4 heterocycles. The van der Waals surface area contributed by atoms with Gasteiger partial charge < -0.3 is 4.90 Å². The number of carbonyl (C=O) groups is 1. The second kappa shape index (κ2) is 8.12. The lowest BCUT2D eigenvalue weighted by molar-refractivity contribution is -0.129. The van der Waals surface area contributed by atoms with E-state index < -0.39 is 11.6 Å². The number of nitrogens with zero attached hydrogens (tertiary/aromatic N) is 4. The molecule has 0 unspecified atom stereocenters.